The van der Waals surface area contributed by atoms with Gasteiger partial charge in [0.05, 0.1) is 0 Å². The van der Waals surface area contributed by atoms with Gasteiger partial charge in [-0.2, -0.15) is 0 Å². The summed E-state index contributed by atoms with van der Waals surface area (Å²) in [5.74, 6) is 0.307. The summed E-state index contributed by atoms with van der Waals surface area (Å²) in [5, 5.41) is 3.73. The molecule has 128 valence electrons. The zero-order valence-electron chi connectivity index (χ0n) is 13.5. The van der Waals surface area contributed by atoms with Gasteiger partial charge in [0.1, 0.15) is 5.69 Å². The van der Waals surface area contributed by atoms with Gasteiger partial charge in [-0.15, -0.1) is 0 Å². The van der Waals surface area contributed by atoms with E-state index >= 15 is 0 Å². The molecule has 1 aromatic carbocycles. The molecule has 2 heterocycles. The van der Waals surface area contributed by atoms with Crippen LogP contribution in [0.15, 0.2) is 40.9 Å². The lowest BCUT2D eigenvalue weighted by molar-refractivity contribution is -0.141. The van der Waals surface area contributed by atoms with Gasteiger partial charge in [0.2, 0.25) is 11.7 Å². The fourth-order valence-electron chi connectivity index (χ4n) is 2.59. The number of hydrogen-bond donors (Lipinski definition) is 1. The molecule has 2 amide bonds. The summed E-state index contributed by atoms with van der Waals surface area (Å²) >= 11 is 0. The van der Waals surface area contributed by atoms with Crippen molar-refractivity contribution in [3.05, 3.63) is 42.2 Å². The Morgan fingerprint density at radius 3 is 2.33 bits per heavy atom. The summed E-state index contributed by atoms with van der Waals surface area (Å²) in [6.45, 7) is 2.05. The van der Waals surface area contributed by atoms with Crippen molar-refractivity contribution >= 4 is 11.8 Å². The number of hydrogen-bond acceptors (Lipinski definition) is 4. The molecular weight excluding hydrogens is 306 g/mol. The molecule has 0 atom stereocenters. The lowest BCUT2D eigenvalue weighted by Crippen LogP contribution is -2.46. The fourth-order valence-corrected chi connectivity index (χ4v) is 2.59. The van der Waals surface area contributed by atoms with Crippen LogP contribution in [0.5, 0.6) is 0 Å². The van der Waals surface area contributed by atoms with E-state index in [1.165, 1.54) is 18.9 Å². The number of nitrogens with two attached hydrogens (primary N) is 1. The molecule has 24 heavy (non-hydrogen) atoms. The molecule has 2 N–H and O–H groups in total. The van der Waals surface area contributed by atoms with Crippen LogP contribution in [0.4, 0.5) is 0 Å². The van der Waals surface area contributed by atoms with Crippen LogP contribution in [0.2, 0.25) is 0 Å². The third-order valence-electron chi connectivity index (χ3n) is 4.44. The smallest absolute Gasteiger partial charge is 0.287 e. The first-order valence-electron chi connectivity index (χ1n) is 8.26. The highest BCUT2D eigenvalue weighted by Crippen LogP contribution is 2.29. The van der Waals surface area contributed by atoms with Gasteiger partial charge < -0.3 is 15.2 Å². The Morgan fingerprint density at radius 2 is 1.88 bits per heavy atom. The first-order valence-corrected chi connectivity index (χ1v) is 8.26. The van der Waals surface area contributed by atoms with Crippen LogP contribution in [-0.4, -0.2) is 35.0 Å². The Hall–Kier alpha value is -2.63. The first-order chi connectivity index (χ1) is 11.6. The number of carbonyl (C=O) groups excluding carboxylic acids is 2. The molecule has 0 spiro atoms. The van der Waals surface area contributed by atoms with Crippen LogP contribution in [0.1, 0.15) is 37.7 Å². The highest BCUT2D eigenvalue weighted by atomic mass is 16.5. The second kappa shape index (κ2) is 7.29. The van der Waals surface area contributed by atoms with Crippen molar-refractivity contribution in [2.45, 2.75) is 25.7 Å². The molecule has 2 fully saturated rings. The van der Waals surface area contributed by atoms with Crippen molar-refractivity contribution in [1.82, 2.24) is 10.1 Å². The van der Waals surface area contributed by atoms with Crippen LogP contribution < -0.4 is 5.73 Å². The molecule has 1 saturated carbocycles. The number of benzene rings is 1. The average Bonchev–Trinajstić information content (AvgIpc) is 2.95. The van der Waals surface area contributed by atoms with Gasteiger partial charge in [-0.25, -0.2) is 0 Å². The topological polar surface area (TPSA) is 89.4 Å². The molecule has 1 aliphatic heterocycles. The largest absolute Gasteiger partial charge is 0.363 e. The van der Waals surface area contributed by atoms with Crippen molar-refractivity contribution in [2.75, 3.05) is 13.1 Å². The number of carbonyl (C=O) groups is 2. The van der Waals surface area contributed by atoms with Gasteiger partial charge in [-0.3, -0.25) is 9.59 Å². The zero-order valence-corrected chi connectivity index (χ0v) is 13.5. The van der Waals surface area contributed by atoms with Crippen LogP contribution in [-0.2, 0) is 4.79 Å². The molecule has 0 radical (unpaired) electrons. The van der Waals surface area contributed by atoms with E-state index in [1.807, 2.05) is 35.2 Å². The van der Waals surface area contributed by atoms with Crippen LogP contribution in [0.3, 0.4) is 0 Å². The molecule has 4 rings (SSSR count). The van der Waals surface area contributed by atoms with Crippen molar-refractivity contribution in [3.8, 4) is 11.3 Å². The lowest BCUT2D eigenvalue weighted by Gasteiger charge is -2.36. The van der Waals surface area contributed by atoms with Gasteiger partial charge in [0.25, 0.3) is 5.91 Å². The van der Waals surface area contributed by atoms with Gasteiger partial charge in [0, 0.05) is 32.1 Å². The SMILES string of the molecule is NC(=O)c1cc(-c2ccccc2)no1.O=C(C1CCC1)N1CCC1.[HH]. The van der Waals surface area contributed by atoms with Crippen molar-refractivity contribution < 1.29 is 15.5 Å². The van der Waals surface area contributed by atoms with Crippen LogP contribution >= 0.6 is 0 Å². The third-order valence-corrected chi connectivity index (χ3v) is 4.44. The molecule has 2 aromatic rings. The summed E-state index contributed by atoms with van der Waals surface area (Å²) in [6.07, 6.45) is 4.79. The number of aromatic nitrogens is 1. The summed E-state index contributed by atoms with van der Waals surface area (Å²) in [7, 11) is 0. The lowest BCUT2D eigenvalue weighted by atomic mass is 9.84. The van der Waals surface area contributed by atoms with E-state index in [-0.39, 0.29) is 7.19 Å². The average molecular weight is 329 g/mol. The highest BCUT2D eigenvalue weighted by molar-refractivity contribution is 5.90. The molecule has 6 nitrogen and oxygen atoms in total. The van der Waals surface area contributed by atoms with E-state index in [4.69, 9.17) is 10.3 Å². The second-order valence-corrected chi connectivity index (χ2v) is 6.11. The van der Waals surface area contributed by atoms with E-state index in [0.717, 1.165) is 31.5 Å². The van der Waals surface area contributed by atoms with Crippen LogP contribution in [0, 0.1) is 5.92 Å². The van der Waals surface area contributed by atoms with Gasteiger partial charge in [-0.05, 0) is 19.3 Å². The predicted molar refractivity (Wildman–Crippen MR) is 91.1 cm³/mol. The normalized spacial score (nSPS) is 16.4. The number of likely N-dealkylation sites (tertiary alicyclic amines) is 1. The molecular formula is C18H23N3O3. The number of nitrogens with zero attached hydrogens (tertiary/aromatic N) is 2. The number of primary amides is 1. The highest BCUT2D eigenvalue weighted by Gasteiger charge is 2.31. The Kier molecular flexibility index (Phi) is 4.93. The maximum Gasteiger partial charge on any atom is 0.287 e. The molecule has 1 saturated heterocycles. The van der Waals surface area contributed by atoms with E-state index in [1.54, 1.807) is 0 Å². The minimum absolute atomic E-state index is 0. The van der Waals surface area contributed by atoms with Crippen LogP contribution in [0.25, 0.3) is 11.3 Å². The van der Waals surface area contributed by atoms with Gasteiger partial charge in [-0.1, -0.05) is 41.9 Å². The molecule has 0 bridgehead atoms. The third kappa shape index (κ3) is 3.64. The summed E-state index contributed by atoms with van der Waals surface area (Å²) in [4.78, 5) is 24.1. The first kappa shape index (κ1) is 16.2. The van der Waals surface area contributed by atoms with E-state index in [9.17, 15) is 9.59 Å². The summed E-state index contributed by atoms with van der Waals surface area (Å²) in [5.41, 5.74) is 6.54. The number of amides is 2. The van der Waals surface area contributed by atoms with E-state index in [2.05, 4.69) is 5.16 Å². The second-order valence-electron chi connectivity index (χ2n) is 6.11. The maximum atomic E-state index is 11.3. The fraction of sp³-hybridized carbons (Fsp3) is 0.389. The number of rotatable bonds is 3. The van der Waals surface area contributed by atoms with E-state index < -0.39 is 5.91 Å². The Bertz CT molecular complexity index is 693. The summed E-state index contributed by atoms with van der Waals surface area (Å²) < 4.78 is 4.76. The van der Waals surface area contributed by atoms with Crippen molar-refractivity contribution in [3.63, 3.8) is 0 Å². The molecule has 6 heteroatoms. The van der Waals surface area contributed by atoms with Gasteiger partial charge in [0.15, 0.2) is 0 Å². The molecule has 1 aliphatic carbocycles. The summed E-state index contributed by atoms with van der Waals surface area (Å²) in [6, 6.07) is 10.9. The minimum Gasteiger partial charge on any atom is -0.363 e. The van der Waals surface area contributed by atoms with E-state index in [0.29, 0.717) is 17.5 Å². The molecule has 2 aliphatic rings. The monoisotopic (exact) mass is 329 g/mol. The van der Waals surface area contributed by atoms with Crippen molar-refractivity contribution in [1.29, 1.82) is 0 Å². The zero-order chi connectivity index (χ0) is 16.9. The standard InChI is InChI=1S/C10H8N2O2.C8H13NO.H2/c11-10(13)9-6-8(12-14-9)7-4-2-1-3-5-7;10-8(7-3-1-4-7)9-5-2-6-9;/h1-6H,(H2,11,13);7H,1-6H2;1H. The Balaban J connectivity index is 0.000000182. The maximum absolute atomic E-state index is 11.3. The molecule has 1 aromatic heterocycles. The van der Waals surface area contributed by atoms with Gasteiger partial charge >= 0.3 is 0 Å². The van der Waals surface area contributed by atoms with Crippen molar-refractivity contribution in [2.24, 2.45) is 11.7 Å². The quantitative estimate of drug-likeness (QED) is 0.937. The Morgan fingerprint density at radius 1 is 1.17 bits per heavy atom. The minimum atomic E-state index is -0.611. The molecule has 0 unspecified atom stereocenters. The Labute approximate surface area is 142 Å². The predicted octanol–water partition coefficient (Wildman–Crippen LogP) is 2.71.